The van der Waals surface area contributed by atoms with E-state index in [1.165, 1.54) is 0 Å². The Morgan fingerprint density at radius 1 is 0.364 bits per heavy atom. The molecule has 4 unspecified atom stereocenters. The summed E-state index contributed by atoms with van der Waals surface area (Å²) in [5.41, 5.74) is 0. The Morgan fingerprint density at radius 2 is 0.485 bits per heavy atom. The molecule has 0 heterocycles. The summed E-state index contributed by atoms with van der Waals surface area (Å²) < 4.78 is 0. The molecule has 0 saturated heterocycles. The molecule has 0 aromatic heterocycles. The van der Waals surface area contributed by atoms with Crippen LogP contribution in [0.15, 0.2) is 0 Å². The zero-order valence-electron chi connectivity index (χ0n) is 24.6. The molecule has 0 radical (unpaired) electrons. The van der Waals surface area contributed by atoms with Crippen molar-refractivity contribution in [3.8, 4) is 0 Å². The van der Waals surface area contributed by atoms with Gasteiger partial charge in [0.1, 0.15) is 0 Å². The molecule has 0 aliphatic heterocycles. The number of aliphatic hydroxyl groups is 4. The molecule has 0 aromatic rings. The number of aliphatic hydroxyl groups excluding tert-OH is 4. The van der Waals surface area contributed by atoms with E-state index in [1.54, 1.807) is 0 Å². The second-order valence-corrected chi connectivity index (χ2v) is 10.4. The van der Waals surface area contributed by atoms with Crippen LogP contribution in [0, 0.1) is 23.7 Å². The van der Waals surface area contributed by atoms with Gasteiger partial charge in [-0.2, -0.15) is 0 Å². The van der Waals surface area contributed by atoms with Crippen LogP contribution in [0.1, 0.15) is 134 Å². The van der Waals surface area contributed by atoms with Crippen LogP contribution in [0.5, 0.6) is 0 Å². The zero-order chi connectivity index (χ0) is 26.3. The Kier molecular flexibility index (Phi) is 40.4. The van der Waals surface area contributed by atoms with Gasteiger partial charge in [-0.05, 0) is 49.4 Å². The second kappa shape index (κ2) is 30.6. The molecule has 0 saturated carbocycles. The van der Waals surface area contributed by atoms with Crippen molar-refractivity contribution in [2.45, 2.75) is 159 Å². The standard InChI is InChI=1S/4C7H16O.Ti/c4*1-4-5-7(8)6(2)3;/h4*6-8H,4-5H2,1-3H3;. The van der Waals surface area contributed by atoms with E-state index < -0.39 is 0 Å². The van der Waals surface area contributed by atoms with Crippen LogP contribution in [0.3, 0.4) is 0 Å². The normalized spacial score (nSPS) is 14.2. The van der Waals surface area contributed by atoms with Crippen LogP contribution < -0.4 is 0 Å². The smallest absolute Gasteiger partial charge is 0.0563 e. The van der Waals surface area contributed by atoms with E-state index in [4.69, 9.17) is 20.4 Å². The first kappa shape index (κ1) is 43.6. The van der Waals surface area contributed by atoms with Crippen LogP contribution in [-0.2, 0) is 21.7 Å². The average molecular weight is 513 g/mol. The Hall–Kier alpha value is 0.554. The summed E-state index contributed by atoms with van der Waals surface area (Å²) in [4.78, 5) is 0. The summed E-state index contributed by atoms with van der Waals surface area (Å²) in [5.74, 6) is 1.70. The van der Waals surface area contributed by atoms with Crippen LogP contribution in [-0.4, -0.2) is 44.8 Å². The predicted octanol–water partition coefficient (Wildman–Crippen LogP) is 7.21. The van der Waals surface area contributed by atoms with Gasteiger partial charge in [0.05, 0.1) is 24.4 Å². The van der Waals surface area contributed by atoms with Gasteiger partial charge in [-0.15, -0.1) is 0 Å². The fourth-order valence-electron chi connectivity index (χ4n) is 2.52. The molecular formula is C28H64O4Ti. The van der Waals surface area contributed by atoms with Crippen LogP contribution >= 0.6 is 0 Å². The van der Waals surface area contributed by atoms with Crippen LogP contribution in [0.25, 0.3) is 0 Å². The van der Waals surface area contributed by atoms with E-state index in [2.05, 4.69) is 27.7 Å². The predicted molar refractivity (Wildman–Crippen MR) is 143 cm³/mol. The molecular weight excluding hydrogens is 448 g/mol. The van der Waals surface area contributed by atoms with Gasteiger partial charge in [-0.1, -0.05) is 109 Å². The molecule has 0 aromatic carbocycles. The molecule has 4 nitrogen and oxygen atoms in total. The maximum atomic E-state index is 9.13. The van der Waals surface area contributed by atoms with Crippen molar-refractivity contribution in [2.24, 2.45) is 23.7 Å². The molecule has 204 valence electrons. The Labute approximate surface area is 224 Å². The minimum atomic E-state index is -0.0833. The summed E-state index contributed by atoms with van der Waals surface area (Å²) in [6.45, 7) is 24.7. The number of rotatable bonds is 12. The summed E-state index contributed by atoms with van der Waals surface area (Å²) in [7, 11) is 0. The average Bonchev–Trinajstić information content (AvgIpc) is 2.70. The van der Waals surface area contributed by atoms with Crippen LogP contribution in [0.4, 0.5) is 0 Å². The summed E-state index contributed by atoms with van der Waals surface area (Å²) >= 11 is 0. The van der Waals surface area contributed by atoms with E-state index in [0.717, 1.165) is 51.4 Å². The summed E-state index contributed by atoms with van der Waals surface area (Å²) in [5, 5.41) is 36.5. The summed E-state index contributed by atoms with van der Waals surface area (Å²) in [6.07, 6.45) is 7.77. The quantitative estimate of drug-likeness (QED) is 0.208. The fourth-order valence-corrected chi connectivity index (χ4v) is 2.52. The molecule has 5 heteroatoms. The first-order valence-corrected chi connectivity index (χ1v) is 13.4. The Balaban J connectivity index is -0.000000105. The maximum Gasteiger partial charge on any atom is 0.0563 e. The van der Waals surface area contributed by atoms with E-state index in [-0.39, 0.29) is 46.1 Å². The van der Waals surface area contributed by atoms with Gasteiger partial charge in [0, 0.05) is 21.7 Å². The zero-order valence-corrected chi connectivity index (χ0v) is 26.1. The van der Waals surface area contributed by atoms with Gasteiger partial charge >= 0.3 is 0 Å². The molecule has 0 spiro atoms. The molecule has 0 fully saturated rings. The van der Waals surface area contributed by atoms with Crippen molar-refractivity contribution >= 4 is 0 Å². The van der Waals surface area contributed by atoms with Gasteiger partial charge in [-0.25, -0.2) is 0 Å². The number of hydrogen-bond donors (Lipinski definition) is 4. The first-order valence-electron chi connectivity index (χ1n) is 13.4. The number of hydrogen-bond acceptors (Lipinski definition) is 4. The van der Waals surface area contributed by atoms with E-state index >= 15 is 0 Å². The molecule has 4 N–H and O–H groups in total. The van der Waals surface area contributed by atoms with Crippen molar-refractivity contribution in [3.63, 3.8) is 0 Å². The van der Waals surface area contributed by atoms with Gasteiger partial charge in [0.15, 0.2) is 0 Å². The van der Waals surface area contributed by atoms with E-state index in [1.807, 2.05) is 55.4 Å². The van der Waals surface area contributed by atoms with Crippen molar-refractivity contribution in [1.82, 2.24) is 0 Å². The Bertz CT molecular complexity index is 272. The molecule has 0 aliphatic carbocycles. The summed E-state index contributed by atoms with van der Waals surface area (Å²) in [6, 6.07) is 0. The topological polar surface area (TPSA) is 80.9 Å². The second-order valence-electron chi connectivity index (χ2n) is 10.4. The third-order valence-electron chi connectivity index (χ3n) is 5.42. The maximum absolute atomic E-state index is 9.13. The molecule has 33 heavy (non-hydrogen) atoms. The van der Waals surface area contributed by atoms with Crippen LogP contribution in [0.2, 0.25) is 0 Å². The largest absolute Gasteiger partial charge is 0.393 e. The molecule has 4 atom stereocenters. The van der Waals surface area contributed by atoms with E-state index in [0.29, 0.717) is 23.7 Å². The SMILES string of the molecule is CCCC(O)C(C)C.CCCC(O)C(C)C.CCCC(O)C(C)C.CCCC(O)C(C)C.[Ti]. The molecule has 0 bridgehead atoms. The van der Waals surface area contributed by atoms with Crippen molar-refractivity contribution in [3.05, 3.63) is 0 Å². The monoisotopic (exact) mass is 512 g/mol. The third kappa shape index (κ3) is 37.3. The van der Waals surface area contributed by atoms with Gasteiger partial charge < -0.3 is 20.4 Å². The van der Waals surface area contributed by atoms with Gasteiger partial charge in [-0.3, -0.25) is 0 Å². The van der Waals surface area contributed by atoms with Crippen molar-refractivity contribution < 1.29 is 42.1 Å². The third-order valence-corrected chi connectivity index (χ3v) is 5.42. The fraction of sp³-hybridized carbons (Fsp3) is 1.00. The van der Waals surface area contributed by atoms with Gasteiger partial charge in [0.2, 0.25) is 0 Å². The minimum Gasteiger partial charge on any atom is -0.393 e. The van der Waals surface area contributed by atoms with Crippen molar-refractivity contribution in [1.29, 1.82) is 0 Å². The molecule has 0 amide bonds. The molecule has 0 rings (SSSR count). The minimum absolute atomic E-state index is 0. The van der Waals surface area contributed by atoms with E-state index in [9.17, 15) is 0 Å². The van der Waals surface area contributed by atoms with Crippen molar-refractivity contribution in [2.75, 3.05) is 0 Å². The first-order chi connectivity index (χ1) is 14.7. The Morgan fingerprint density at radius 3 is 0.515 bits per heavy atom. The van der Waals surface area contributed by atoms with Gasteiger partial charge in [0.25, 0.3) is 0 Å². The molecule has 0 aliphatic rings.